The highest BCUT2D eigenvalue weighted by molar-refractivity contribution is 5.13. The van der Waals surface area contributed by atoms with Crippen molar-refractivity contribution in [3.05, 3.63) is 46.0 Å². The Kier molecular flexibility index (Phi) is 6.43. The van der Waals surface area contributed by atoms with Crippen molar-refractivity contribution in [2.45, 2.75) is 37.6 Å². The minimum Gasteiger partial charge on any atom is -0.396 e. The number of aliphatic hydroxyl groups is 3. The molecule has 128 valence electrons. The number of hydrogen-bond acceptors (Lipinski definition) is 7. The Morgan fingerprint density at radius 3 is 2.61 bits per heavy atom. The topological polar surface area (TPSA) is 122 Å². The fourth-order valence-corrected chi connectivity index (χ4v) is 2.73. The van der Waals surface area contributed by atoms with Crippen molar-refractivity contribution in [1.29, 1.82) is 0 Å². The maximum Gasteiger partial charge on any atom is 0.209 e. The minimum absolute atomic E-state index is 0.121. The summed E-state index contributed by atoms with van der Waals surface area (Å²) in [6.07, 6.45) is -4.40. The molecule has 1 aromatic carbocycles. The van der Waals surface area contributed by atoms with Crippen LogP contribution in [0.4, 0.5) is 0 Å². The number of aliphatic hydroxyl groups excluding tert-OH is 3. The van der Waals surface area contributed by atoms with Crippen molar-refractivity contribution in [3.63, 3.8) is 0 Å². The van der Waals surface area contributed by atoms with Gasteiger partial charge in [-0.2, -0.15) is 0 Å². The zero-order valence-electron chi connectivity index (χ0n) is 12.5. The molecule has 0 bridgehead atoms. The zero-order valence-corrected chi connectivity index (χ0v) is 12.5. The third-order valence-electron chi connectivity index (χ3n) is 3.88. The van der Waals surface area contributed by atoms with Gasteiger partial charge in [-0.3, -0.25) is 10.1 Å². The van der Waals surface area contributed by atoms with Crippen molar-refractivity contribution >= 4 is 0 Å². The van der Waals surface area contributed by atoms with Crippen LogP contribution in [0.2, 0.25) is 0 Å². The molecule has 8 nitrogen and oxygen atoms in total. The van der Waals surface area contributed by atoms with E-state index in [1.54, 1.807) is 0 Å². The van der Waals surface area contributed by atoms with E-state index in [-0.39, 0.29) is 19.6 Å². The van der Waals surface area contributed by atoms with E-state index >= 15 is 0 Å². The van der Waals surface area contributed by atoms with Crippen molar-refractivity contribution in [1.82, 2.24) is 0 Å². The van der Waals surface area contributed by atoms with Crippen LogP contribution in [0.5, 0.6) is 0 Å². The van der Waals surface area contributed by atoms with E-state index in [1.165, 1.54) is 0 Å². The largest absolute Gasteiger partial charge is 0.396 e. The number of nitrogens with zero attached hydrogens (tertiary/aromatic N) is 1. The van der Waals surface area contributed by atoms with Crippen molar-refractivity contribution in [2.24, 2.45) is 5.92 Å². The molecule has 0 amide bonds. The Morgan fingerprint density at radius 2 is 2.00 bits per heavy atom. The molecular weight excluding hydrogens is 306 g/mol. The lowest BCUT2D eigenvalue weighted by molar-refractivity contribution is -0.491. The molecule has 5 atom stereocenters. The molecule has 0 spiro atoms. The second-order valence-electron chi connectivity index (χ2n) is 5.53. The molecular formula is C15H21NO7. The van der Waals surface area contributed by atoms with E-state index in [2.05, 4.69) is 0 Å². The number of ether oxygens (including phenoxy) is 2. The van der Waals surface area contributed by atoms with E-state index in [4.69, 9.17) is 14.6 Å². The lowest BCUT2D eigenvalue weighted by Gasteiger charge is -2.25. The summed E-state index contributed by atoms with van der Waals surface area (Å²) in [6.45, 7) is -0.509. The fraction of sp³-hybridized carbons (Fsp3) is 0.600. The van der Waals surface area contributed by atoms with Crippen LogP contribution in [0.1, 0.15) is 12.0 Å². The van der Waals surface area contributed by atoms with Gasteiger partial charge in [0, 0.05) is 11.5 Å². The van der Waals surface area contributed by atoms with Crippen LogP contribution in [-0.2, 0) is 16.1 Å². The van der Waals surface area contributed by atoms with Gasteiger partial charge in [0.25, 0.3) is 0 Å². The highest BCUT2D eigenvalue weighted by Gasteiger charge is 2.48. The molecule has 1 fully saturated rings. The highest BCUT2D eigenvalue weighted by Crippen LogP contribution is 2.30. The highest BCUT2D eigenvalue weighted by atomic mass is 16.7. The molecule has 3 N–H and O–H groups in total. The van der Waals surface area contributed by atoms with Gasteiger partial charge in [-0.05, 0) is 12.0 Å². The molecule has 0 radical (unpaired) electrons. The van der Waals surface area contributed by atoms with Gasteiger partial charge in [0.05, 0.1) is 18.6 Å². The van der Waals surface area contributed by atoms with Gasteiger partial charge in [0.2, 0.25) is 6.54 Å². The quantitative estimate of drug-likeness (QED) is 0.451. The molecule has 1 heterocycles. The fourth-order valence-electron chi connectivity index (χ4n) is 2.73. The Labute approximate surface area is 133 Å². The van der Waals surface area contributed by atoms with Crippen molar-refractivity contribution in [2.75, 3.05) is 13.2 Å². The normalized spacial score (nSPS) is 28.7. The van der Waals surface area contributed by atoms with Gasteiger partial charge in [-0.15, -0.1) is 0 Å². The predicted molar refractivity (Wildman–Crippen MR) is 79.0 cm³/mol. The number of hydrogen-bond donors (Lipinski definition) is 3. The average molecular weight is 327 g/mol. The maximum absolute atomic E-state index is 10.8. The summed E-state index contributed by atoms with van der Waals surface area (Å²) in [5, 5.41) is 39.6. The number of nitro groups is 1. The van der Waals surface area contributed by atoms with Crippen LogP contribution in [0.3, 0.4) is 0 Å². The zero-order chi connectivity index (χ0) is 16.8. The first kappa shape index (κ1) is 17.8. The molecule has 0 unspecified atom stereocenters. The van der Waals surface area contributed by atoms with E-state index in [0.29, 0.717) is 0 Å². The van der Waals surface area contributed by atoms with Gasteiger partial charge in [0.1, 0.15) is 12.2 Å². The Bertz CT molecular complexity index is 498. The Morgan fingerprint density at radius 1 is 1.30 bits per heavy atom. The molecule has 1 aromatic rings. The number of benzene rings is 1. The van der Waals surface area contributed by atoms with Crippen LogP contribution < -0.4 is 0 Å². The third-order valence-corrected chi connectivity index (χ3v) is 3.88. The smallest absolute Gasteiger partial charge is 0.209 e. The molecule has 0 aliphatic carbocycles. The molecule has 0 saturated carbocycles. The summed E-state index contributed by atoms with van der Waals surface area (Å²) >= 11 is 0. The molecule has 23 heavy (non-hydrogen) atoms. The maximum atomic E-state index is 10.8. The summed E-state index contributed by atoms with van der Waals surface area (Å²) in [5.74, 6) is -0.664. The van der Waals surface area contributed by atoms with Gasteiger partial charge < -0.3 is 24.8 Å². The van der Waals surface area contributed by atoms with Crippen LogP contribution in [-0.4, -0.2) is 58.0 Å². The summed E-state index contributed by atoms with van der Waals surface area (Å²) < 4.78 is 10.9. The van der Waals surface area contributed by atoms with Crippen molar-refractivity contribution < 1.29 is 29.7 Å². The first-order valence-corrected chi connectivity index (χ1v) is 7.42. The van der Waals surface area contributed by atoms with Gasteiger partial charge in [-0.25, -0.2) is 0 Å². The van der Waals surface area contributed by atoms with Gasteiger partial charge in [0.15, 0.2) is 6.29 Å². The molecule has 1 aliphatic rings. The molecule has 1 saturated heterocycles. The average Bonchev–Trinajstić information content (AvgIpc) is 2.81. The lowest BCUT2D eigenvalue weighted by atomic mass is 9.94. The standard InChI is InChI=1S/C15H21NO7/c17-7-6-11(8-16(20)21)13-14(12(18)15(19)23-13)22-9-10-4-2-1-3-5-10/h1-5,11-15,17-19H,6-9H2/t11-,12-,13-,14-,15+/m1/s1. The second-order valence-corrected chi connectivity index (χ2v) is 5.53. The summed E-state index contributed by atoms with van der Waals surface area (Å²) in [6, 6.07) is 9.23. The minimum atomic E-state index is -1.46. The first-order valence-electron chi connectivity index (χ1n) is 7.42. The molecule has 8 heteroatoms. The van der Waals surface area contributed by atoms with E-state index in [9.17, 15) is 20.3 Å². The van der Waals surface area contributed by atoms with Crippen LogP contribution in [0, 0.1) is 16.0 Å². The van der Waals surface area contributed by atoms with E-state index in [1.807, 2.05) is 30.3 Å². The Hall–Kier alpha value is -1.58. The summed E-state index contributed by atoms with van der Waals surface area (Å²) in [4.78, 5) is 10.3. The SMILES string of the molecule is O=[N+]([O-])C[C@@H](CCO)[C@H]1O[C@H](O)[C@H](O)[C@H]1OCc1ccccc1. The lowest BCUT2D eigenvalue weighted by Crippen LogP contribution is -2.41. The molecule has 2 rings (SSSR count). The monoisotopic (exact) mass is 327 g/mol. The van der Waals surface area contributed by atoms with Crippen LogP contribution >= 0.6 is 0 Å². The van der Waals surface area contributed by atoms with Gasteiger partial charge >= 0.3 is 0 Å². The number of rotatable bonds is 8. The summed E-state index contributed by atoms with van der Waals surface area (Å²) in [5.41, 5.74) is 0.868. The summed E-state index contributed by atoms with van der Waals surface area (Å²) in [7, 11) is 0. The van der Waals surface area contributed by atoms with Crippen molar-refractivity contribution in [3.8, 4) is 0 Å². The Balaban J connectivity index is 2.07. The molecule has 1 aliphatic heterocycles. The molecule has 0 aromatic heterocycles. The second kappa shape index (κ2) is 8.32. The van der Waals surface area contributed by atoms with Crippen LogP contribution in [0.15, 0.2) is 30.3 Å². The first-order chi connectivity index (χ1) is 11.0. The van der Waals surface area contributed by atoms with E-state index in [0.717, 1.165) is 5.56 Å². The third kappa shape index (κ3) is 4.69. The van der Waals surface area contributed by atoms with Gasteiger partial charge in [-0.1, -0.05) is 30.3 Å². The van der Waals surface area contributed by atoms with E-state index < -0.39 is 42.0 Å². The predicted octanol–water partition coefficient (Wildman–Crippen LogP) is -0.0748. The van der Waals surface area contributed by atoms with Crippen LogP contribution in [0.25, 0.3) is 0 Å².